The lowest BCUT2D eigenvalue weighted by Crippen LogP contribution is -2.34. The highest BCUT2D eigenvalue weighted by Crippen LogP contribution is 2.25. The van der Waals surface area contributed by atoms with Crippen molar-refractivity contribution in [3.63, 3.8) is 0 Å². The van der Waals surface area contributed by atoms with E-state index >= 15 is 0 Å². The predicted octanol–water partition coefficient (Wildman–Crippen LogP) is 2.44. The van der Waals surface area contributed by atoms with Gasteiger partial charge in [-0.2, -0.15) is 0 Å². The van der Waals surface area contributed by atoms with E-state index in [0.717, 1.165) is 11.2 Å². The summed E-state index contributed by atoms with van der Waals surface area (Å²) in [6, 6.07) is 10.5. The molecule has 3 nitrogen and oxygen atoms in total. The molecule has 0 fully saturated rings. The molecular weight excluding hydrogens is 212 g/mol. The number of hydrogen-bond donors (Lipinski definition) is 1. The van der Waals surface area contributed by atoms with Crippen molar-refractivity contribution in [2.24, 2.45) is 0 Å². The van der Waals surface area contributed by atoms with Crippen molar-refractivity contribution in [2.75, 3.05) is 18.1 Å². The van der Waals surface area contributed by atoms with Gasteiger partial charge in [0.25, 0.3) is 0 Å². The van der Waals surface area contributed by atoms with Crippen molar-refractivity contribution in [3.8, 4) is 0 Å². The fourth-order valence-electron chi connectivity index (χ4n) is 2.05. The van der Waals surface area contributed by atoms with E-state index in [1.165, 1.54) is 5.39 Å². The highest BCUT2D eigenvalue weighted by atomic mass is 16.3. The maximum atomic E-state index is 9.15. The summed E-state index contributed by atoms with van der Waals surface area (Å²) in [5, 5.41) is 11.5. The van der Waals surface area contributed by atoms with Crippen LogP contribution in [0.15, 0.2) is 36.5 Å². The lowest BCUT2D eigenvalue weighted by Gasteiger charge is -2.28. The van der Waals surface area contributed by atoms with Crippen molar-refractivity contribution in [1.82, 2.24) is 4.98 Å². The van der Waals surface area contributed by atoms with Gasteiger partial charge in [0.15, 0.2) is 0 Å². The van der Waals surface area contributed by atoms with Gasteiger partial charge in [-0.1, -0.05) is 24.3 Å². The van der Waals surface area contributed by atoms with Crippen LogP contribution in [0.5, 0.6) is 0 Å². The molecule has 0 saturated carbocycles. The molecule has 0 amide bonds. The maximum absolute atomic E-state index is 9.15. The average Bonchev–Trinajstić information content (AvgIpc) is 2.35. The quantitative estimate of drug-likeness (QED) is 0.876. The summed E-state index contributed by atoms with van der Waals surface area (Å²) in [7, 11) is 0. The van der Waals surface area contributed by atoms with Gasteiger partial charge in [0.2, 0.25) is 0 Å². The van der Waals surface area contributed by atoms with E-state index in [1.54, 1.807) is 0 Å². The molecule has 1 N–H and O–H groups in total. The van der Waals surface area contributed by atoms with Crippen LogP contribution in [0.25, 0.3) is 10.8 Å². The minimum absolute atomic E-state index is 0.142. The van der Waals surface area contributed by atoms with E-state index < -0.39 is 0 Å². The molecular formula is C14H18N2O. The van der Waals surface area contributed by atoms with Crippen LogP contribution in [0.3, 0.4) is 0 Å². The van der Waals surface area contributed by atoms with Gasteiger partial charge in [-0.05, 0) is 25.3 Å². The third-order valence-electron chi connectivity index (χ3n) is 2.89. The molecule has 90 valence electrons. The van der Waals surface area contributed by atoms with Crippen LogP contribution >= 0.6 is 0 Å². The Kier molecular flexibility index (Phi) is 3.59. The third kappa shape index (κ3) is 2.39. The second-order valence-electron chi connectivity index (χ2n) is 4.37. The Hall–Kier alpha value is -1.61. The van der Waals surface area contributed by atoms with Crippen molar-refractivity contribution in [2.45, 2.75) is 19.9 Å². The second-order valence-corrected chi connectivity index (χ2v) is 4.37. The molecule has 1 aromatic carbocycles. The van der Waals surface area contributed by atoms with Crippen molar-refractivity contribution >= 4 is 16.6 Å². The molecule has 0 aliphatic carbocycles. The van der Waals surface area contributed by atoms with Crippen LogP contribution in [0, 0.1) is 0 Å². The van der Waals surface area contributed by atoms with Gasteiger partial charge < -0.3 is 10.0 Å². The maximum Gasteiger partial charge on any atom is 0.136 e. The van der Waals surface area contributed by atoms with E-state index in [9.17, 15) is 0 Å². The zero-order valence-electron chi connectivity index (χ0n) is 10.3. The molecule has 17 heavy (non-hydrogen) atoms. The summed E-state index contributed by atoms with van der Waals surface area (Å²) < 4.78 is 0. The Bertz CT molecular complexity index is 491. The fourth-order valence-corrected chi connectivity index (χ4v) is 2.05. The topological polar surface area (TPSA) is 36.4 Å². The smallest absolute Gasteiger partial charge is 0.136 e. The van der Waals surface area contributed by atoms with Crippen LogP contribution < -0.4 is 4.90 Å². The molecule has 1 heterocycles. The first-order valence-electron chi connectivity index (χ1n) is 5.95. The molecule has 2 rings (SSSR count). The Balaban J connectivity index is 2.52. The van der Waals surface area contributed by atoms with Crippen LogP contribution in [0.2, 0.25) is 0 Å². The number of hydrogen-bond acceptors (Lipinski definition) is 3. The van der Waals surface area contributed by atoms with E-state index in [0.29, 0.717) is 12.6 Å². The predicted molar refractivity (Wildman–Crippen MR) is 71.3 cm³/mol. The zero-order chi connectivity index (χ0) is 12.3. The minimum Gasteiger partial charge on any atom is -0.395 e. The summed E-state index contributed by atoms with van der Waals surface area (Å²) in [6.07, 6.45) is 1.82. The number of fused-ring (bicyclic) bond motifs is 1. The molecule has 0 spiro atoms. The third-order valence-corrected chi connectivity index (χ3v) is 2.89. The first-order valence-corrected chi connectivity index (χ1v) is 5.95. The van der Waals surface area contributed by atoms with E-state index in [4.69, 9.17) is 5.11 Å². The molecule has 0 unspecified atom stereocenters. The molecule has 0 bridgehead atoms. The Labute approximate surface area is 102 Å². The Morgan fingerprint density at radius 2 is 2.00 bits per heavy atom. The van der Waals surface area contributed by atoms with Gasteiger partial charge in [-0.25, -0.2) is 4.98 Å². The van der Waals surface area contributed by atoms with Crippen LogP contribution in [0.4, 0.5) is 5.82 Å². The van der Waals surface area contributed by atoms with E-state index in [2.05, 4.69) is 35.9 Å². The monoisotopic (exact) mass is 230 g/mol. The minimum atomic E-state index is 0.142. The second kappa shape index (κ2) is 5.15. The molecule has 0 saturated heterocycles. The highest BCUT2D eigenvalue weighted by Gasteiger charge is 2.13. The lowest BCUT2D eigenvalue weighted by atomic mass is 10.1. The lowest BCUT2D eigenvalue weighted by molar-refractivity contribution is 0.299. The standard InChI is InChI=1S/C14H18N2O/c1-11(2)16(9-10-17)14-13-6-4-3-5-12(13)7-8-15-14/h3-8,11,17H,9-10H2,1-2H3. The number of anilines is 1. The average molecular weight is 230 g/mol. The highest BCUT2D eigenvalue weighted by molar-refractivity contribution is 5.92. The molecule has 0 radical (unpaired) electrons. The summed E-state index contributed by atoms with van der Waals surface area (Å²) in [4.78, 5) is 6.59. The van der Waals surface area contributed by atoms with Crippen LogP contribution in [0.1, 0.15) is 13.8 Å². The first-order chi connectivity index (χ1) is 8.24. The van der Waals surface area contributed by atoms with Crippen LogP contribution in [-0.4, -0.2) is 29.3 Å². The molecule has 2 aromatic rings. The molecule has 0 atom stereocenters. The first kappa shape index (κ1) is 11.9. The SMILES string of the molecule is CC(C)N(CCO)c1nccc2ccccc12. The molecule has 3 heteroatoms. The van der Waals surface area contributed by atoms with E-state index in [1.807, 2.05) is 24.4 Å². The summed E-state index contributed by atoms with van der Waals surface area (Å²) in [5.41, 5.74) is 0. The number of rotatable bonds is 4. The van der Waals surface area contributed by atoms with Gasteiger partial charge >= 0.3 is 0 Å². The summed E-state index contributed by atoms with van der Waals surface area (Å²) >= 11 is 0. The van der Waals surface area contributed by atoms with Crippen molar-refractivity contribution < 1.29 is 5.11 Å². The molecule has 1 aromatic heterocycles. The number of aliphatic hydroxyl groups is 1. The number of nitrogens with zero attached hydrogens (tertiary/aromatic N) is 2. The van der Waals surface area contributed by atoms with Crippen molar-refractivity contribution in [3.05, 3.63) is 36.5 Å². The Morgan fingerprint density at radius 1 is 1.24 bits per heavy atom. The van der Waals surface area contributed by atoms with E-state index in [-0.39, 0.29) is 6.61 Å². The molecule has 0 aliphatic heterocycles. The van der Waals surface area contributed by atoms with Crippen LogP contribution in [-0.2, 0) is 0 Å². The summed E-state index contributed by atoms with van der Waals surface area (Å²) in [5.74, 6) is 0.951. The van der Waals surface area contributed by atoms with Gasteiger partial charge in [-0.15, -0.1) is 0 Å². The normalized spacial score (nSPS) is 11.1. The molecule has 0 aliphatic rings. The fraction of sp³-hybridized carbons (Fsp3) is 0.357. The van der Waals surface area contributed by atoms with Gasteiger partial charge in [-0.3, -0.25) is 0 Å². The number of pyridine rings is 1. The van der Waals surface area contributed by atoms with Gasteiger partial charge in [0, 0.05) is 24.2 Å². The van der Waals surface area contributed by atoms with Crippen molar-refractivity contribution in [1.29, 1.82) is 0 Å². The summed E-state index contributed by atoms with van der Waals surface area (Å²) in [6.45, 7) is 4.97. The number of benzene rings is 1. The van der Waals surface area contributed by atoms with Gasteiger partial charge in [0.1, 0.15) is 5.82 Å². The van der Waals surface area contributed by atoms with Gasteiger partial charge in [0.05, 0.1) is 6.61 Å². The number of aliphatic hydroxyl groups excluding tert-OH is 1. The zero-order valence-corrected chi connectivity index (χ0v) is 10.3. The largest absolute Gasteiger partial charge is 0.395 e. The Morgan fingerprint density at radius 3 is 2.71 bits per heavy atom. The number of aromatic nitrogens is 1.